The van der Waals surface area contributed by atoms with Crippen molar-refractivity contribution in [3.05, 3.63) is 29.8 Å². The Hall–Kier alpha value is -1.06. The van der Waals surface area contributed by atoms with Gasteiger partial charge in [-0.2, -0.15) is 0 Å². The third kappa shape index (κ3) is 2.17. The molecule has 2 aliphatic heterocycles. The normalized spacial score (nSPS) is 29.9. The standard InChI is InChI=1S/C14H20N2O/c17-13-6-3-4-11(8-13)14-10-15-9-12-5-1-2-7-16(12)14/h3-4,6,8,12,14-15,17H,1-2,5,7,9-10H2. The average molecular weight is 232 g/mol. The average Bonchev–Trinajstić information content (AvgIpc) is 2.38. The monoisotopic (exact) mass is 232 g/mol. The van der Waals surface area contributed by atoms with E-state index in [1.54, 1.807) is 6.07 Å². The molecule has 0 aromatic heterocycles. The maximum atomic E-state index is 9.60. The second-order valence-corrected chi connectivity index (χ2v) is 5.16. The van der Waals surface area contributed by atoms with Crippen LogP contribution in [0.2, 0.25) is 0 Å². The van der Waals surface area contributed by atoms with Crippen LogP contribution in [0, 0.1) is 0 Å². The number of fused-ring (bicyclic) bond motifs is 1. The van der Waals surface area contributed by atoms with Gasteiger partial charge in [-0.1, -0.05) is 18.6 Å². The Morgan fingerprint density at radius 2 is 2.18 bits per heavy atom. The van der Waals surface area contributed by atoms with E-state index in [1.807, 2.05) is 12.1 Å². The van der Waals surface area contributed by atoms with Crippen LogP contribution in [0.1, 0.15) is 30.9 Å². The van der Waals surface area contributed by atoms with Crippen LogP contribution in [0.25, 0.3) is 0 Å². The van der Waals surface area contributed by atoms with E-state index in [-0.39, 0.29) is 0 Å². The molecule has 2 aliphatic rings. The number of hydrogen-bond acceptors (Lipinski definition) is 3. The minimum absolute atomic E-state index is 0.377. The third-order valence-electron chi connectivity index (χ3n) is 4.05. The fraction of sp³-hybridized carbons (Fsp3) is 0.571. The molecule has 2 fully saturated rings. The Labute approximate surface area is 102 Å². The molecule has 0 bridgehead atoms. The molecule has 2 saturated heterocycles. The molecule has 3 rings (SSSR count). The fourth-order valence-corrected chi connectivity index (χ4v) is 3.20. The van der Waals surface area contributed by atoms with Gasteiger partial charge in [-0.25, -0.2) is 0 Å². The summed E-state index contributed by atoms with van der Waals surface area (Å²) in [6.07, 6.45) is 3.98. The third-order valence-corrected chi connectivity index (χ3v) is 4.05. The minimum atomic E-state index is 0.377. The predicted molar refractivity (Wildman–Crippen MR) is 68.1 cm³/mol. The number of phenols is 1. The number of piperazine rings is 1. The van der Waals surface area contributed by atoms with E-state index in [0.29, 0.717) is 17.8 Å². The van der Waals surface area contributed by atoms with E-state index < -0.39 is 0 Å². The van der Waals surface area contributed by atoms with Gasteiger partial charge >= 0.3 is 0 Å². The Kier molecular flexibility index (Phi) is 3.04. The first kappa shape index (κ1) is 11.1. The van der Waals surface area contributed by atoms with Gasteiger partial charge < -0.3 is 10.4 Å². The number of nitrogens with one attached hydrogen (secondary N) is 1. The van der Waals surface area contributed by atoms with Crippen LogP contribution in [0.3, 0.4) is 0 Å². The lowest BCUT2D eigenvalue weighted by molar-refractivity contribution is 0.0642. The summed E-state index contributed by atoms with van der Waals surface area (Å²) in [7, 11) is 0. The lowest BCUT2D eigenvalue weighted by Gasteiger charge is -2.45. The van der Waals surface area contributed by atoms with Crippen LogP contribution in [0.4, 0.5) is 0 Å². The van der Waals surface area contributed by atoms with Crippen LogP contribution in [-0.2, 0) is 0 Å². The molecule has 1 aromatic rings. The van der Waals surface area contributed by atoms with Gasteiger partial charge in [0.05, 0.1) is 0 Å². The first-order chi connectivity index (χ1) is 8.34. The Morgan fingerprint density at radius 3 is 3.06 bits per heavy atom. The van der Waals surface area contributed by atoms with Crippen molar-refractivity contribution in [3.8, 4) is 5.75 Å². The number of hydrogen-bond donors (Lipinski definition) is 2. The predicted octanol–water partition coefficient (Wildman–Crippen LogP) is 1.89. The highest BCUT2D eigenvalue weighted by molar-refractivity contribution is 5.30. The van der Waals surface area contributed by atoms with Crippen LogP contribution in [0.15, 0.2) is 24.3 Å². The Morgan fingerprint density at radius 1 is 1.24 bits per heavy atom. The zero-order valence-electron chi connectivity index (χ0n) is 10.1. The molecule has 17 heavy (non-hydrogen) atoms. The fourth-order valence-electron chi connectivity index (χ4n) is 3.20. The number of piperidine rings is 1. The first-order valence-electron chi connectivity index (χ1n) is 6.60. The van der Waals surface area contributed by atoms with E-state index in [0.717, 1.165) is 13.1 Å². The van der Waals surface area contributed by atoms with Gasteiger partial charge in [-0.05, 0) is 37.1 Å². The summed E-state index contributed by atoms with van der Waals surface area (Å²) in [6.45, 7) is 3.32. The van der Waals surface area contributed by atoms with Crippen LogP contribution in [0.5, 0.6) is 5.75 Å². The van der Waals surface area contributed by atoms with Crippen molar-refractivity contribution >= 4 is 0 Å². The molecular weight excluding hydrogens is 212 g/mol. The number of rotatable bonds is 1. The highest BCUT2D eigenvalue weighted by Crippen LogP contribution is 2.31. The maximum Gasteiger partial charge on any atom is 0.115 e. The topological polar surface area (TPSA) is 35.5 Å². The molecule has 2 unspecified atom stereocenters. The maximum absolute atomic E-state index is 9.60. The highest BCUT2D eigenvalue weighted by atomic mass is 16.3. The molecule has 3 nitrogen and oxygen atoms in total. The van der Waals surface area contributed by atoms with E-state index in [4.69, 9.17) is 0 Å². The summed E-state index contributed by atoms with van der Waals surface area (Å²) in [5, 5.41) is 13.1. The van der Waals surface area contributed by atoms with E-state index in [1.165, 1.54) is 31.4 Å². The van der Waals surface area contributed by atoms with Crippen LogP contribution < -0.4 is 5.32 Å². The minimum Gasteiger partial charge on any atom is -0.508 e. The van der Waals surface area contributed by atoms with Crippen molar-refractivity contribution in [3.63, 3.8) is 0 Å². The second-order valence-electron chi connectivity index (χ2n) is 5.16. The zero-order valence-corrected chi connectivity index (χ0v) is 10.1. The number of benzene rings is 1. The summed E-state index contributed by atoms with van der Waals surface area (Å²) >= 11 is 0. The summed E-state index contributed by atoms with van der Waals surface area (Å²) in [5.74, 6) is 0.377. The second kappa shape index (κ2) is 4.67. The molecule has 3 heteroatoms. The molecule has 0 saturated carbocycles. The van der Waals surface area contributed by atoms with Gasteiger partial charge in [0.1, 0.15) is 5.75 Å². The summed E-state index contributed by atoms with van der Waals surface area (Å²) in [5.41, 5.74) is 1.24. The van der Waals surface area contributed by atoms with Crippen molar-refractivity contribution in [1.29, 1.82) is 0 Å². The molecule has 0 spiro atoms. The lowest BCUT2D eigenvalue weighted by Crippen LogP contribution is -2.54. The number of aromatic hydroxyl groups is 1. The first-order valence-corrected chi connectivity index (χ1v) is 6.60. The van der Waals surface area contributed by atoms with Gasteiger partial charge in [-0.3, -0.25) is 4.90 Å². The van der Waals surface area contributed by atoms with Gasteiger partial charge in [0.15, 0.2) is 0 Å². The molecule has 0 radical (unpaired) electrons. The summed E-state index contributed by atoms with van der Waals surface area (Å²) in [6, 6.07) is 8.84. The molecule has 0 amide bonds. The van der Waals surface area contributed by atoms with Crippen molar-refractivity contribution < 1.29 is 5.11 Å². The van der Waals surface area contributed by atoms with E-state index in [2.05, 4.69) is 16.3 Å². The van der Waals surface area contributed by atoms with Gasteiger partial charge in [0.25, 0.3) is 0 Å². The van der Waals surface area contributed by atoms with Crippen molar-refractivity contribution in [2.45, 2.75) is 31.3 Å². The molecule has 0 aliphatic carbocycles. The summed E-state index contributed by atoms with van der Waals surface area (Å²) in [4.78, 5) is 2.62. The Bertz CT molecular complexity index is 392. The molecule has 1 aromatic carbocycles. The quantitative estimate of drug-likeness (QED) is 0.776. The van der Waals surface area contributed by atoms with Crippen molar-refractivity contribution in [2.24, 2.45) is 0 Å². The van der Waals surface area contributed by atoms with E-state index >= 15 is 0 Å². The molecule has 92 valence electrons. The largest absolute Gasteiger partial charge is 0.508 e. The molecular formula is C14H20N2O. The molecule has 2 atom stereocenters. The van der Waals surface area contributed by atoms with Crippen molar-refractivity contribution in [2.75, 3.05) is 19.6 Å². The molecule has 2 heterocycles. The van der Waals surface area contributed by atoms with Crippen molar-refractivity contribution in [1.82, 2.24) is 10.2 Å². The smallest absolute Gasteiger partial charge is 0.115 e. The number of phenolic OH excluding ortho intramolecular Hbond substituents is 1. The zero-order chi connectivity index (χ0) is 11.7. The van der Waals surface area contributed by atoms with Gasteiger partial charge in [-0.15, -0.1) is 0 Å². The van der Waals surface area contributed by atoms with Gasteiger partial charge in [0, 0.05) is 25.2 Å². The highest BCUT2D eigenvalue weighted by Gasteiger charge is 2.32. The summed E-state index contributed by atoms with van der Waals surface area (Å²) < 4.78 is 0. The van der Waals surface area contributed by atoms with Crippen LogP contribution in [-0.4, -0.2) is 35.7 Å². The van der Waals surface area contributed by atoms with E-state index in [9.17, 15) is 5.11 Å². The van der Waals surface area contributed by atoms with Crippen LogP contribution >= 0.6 is 0 Å². The molecule has 2 N–H and O–H groups in total. The SMILES string of the molecule is Oc1cccc(C2CNCC3CCCCN32)c1. The van der Waals surface area contributed by atoms with Gasteiger partial charge in [0.2, 0.25) is 0 Å². The Balaban J connectivity index is 1.85. The number of nitrogens with zero attached hydrogens (tertiary/aromatic N) is 1. The lowest BCUT2D eigenvalue weighted by atomic mass is 9.93.